The molecule has 1 N–H and O–H groups in total. The predicted molar refractivity (Wildman–Crippen MR) is 103 cm³/mol. The van der Waals surface area contributed by atoms with Crippen molar-refractivity contribution >= 4 is 22.4 Å². The third-order valence-electron chi connectivity index (χ3n) is 5.41. The number of anilines is 1. The average Bonchev–Trinajstić information content (AvgIpc) is 2.82. The van der Waals surface area contributed by atoms with Crippen molar-refractivity contribution in [3.63, 3.8) is 0 Å². The number of piperidine rings is 1. The Morgan fingerprint density at radius 2 is 2.08 bits per heavy atom. The van der Waals surface area contributed by atoms with Crippen LogP contribution in [0, 0.1) is 12.8 Å². The number of carbonyl (C=O) groups excluding carboxylic acids is 1. The number of amides is 1. The molecule has 2 aromatic rings. The lowest BCUT2D eigenvalue weighted by Gasteiger charge is -2.36. The van der Waals surface area contributed by atoms with Crippen LogP contribution in [0.5, 0.6) is 0 Å². The molecule has 0 radical (unpaired) electrons. The largest absolute Gasteiger partial charge is 0.365 e. The number of fused-ring (bicyclic) bond motifs is 4. The van der Waals surface area contributed by atoms with E-state index < -0.39 is 0 Å². The zero-order valence-electron chi connectivity index (χ0n) is 15.3. The zero-order chi connectivity index (χ0) is 18.1. The van der Waals surface area contributed by atoms with E-state index in [1.807, 2.05) is 26.4 Å². The summed E-state index contributed by atoms with van der Waals surface area (Å²) in [5, 5.41) is 3.86. The molecule has 1 amide bonds. The summed E-state index contributed by atoms with van der Waals surface area (Å²) in [7, 11) is 1.84. The van der Waals surface area contributed by atoms with E-state index >= 15 is 0 Å². The van der Waals surface area contributed by atoms with Gasteiger partial charge in [0.1, 0.15) is 4.88 Å². The van der Waals surface area contributed by atoms with E-state index in [1.165, 1.54) is 23.3 Å². The van der Waals surface area contributed by atoms with Gasteiger partial charge in [0.2, 0.25) is 0 Å². The van der Waals surface area contributed by atoms with Gasteiger partial charge in [-0.15, -0.1) is 0 Å². The summed E-state index contributed by atoms with van der Waals surface area (Å²) in [6.45, 7) is 5.73. The second-order valence-electron chi connectivity index (χ2n) is 7.29. The number of nitrogens with one attached hydrogen (secondary N) is 1. The van der Waals surface area contributed by atoms with Gasteiger partial charge in [0.15, 0.2) is 5.13 Å². The molecular formula is C19H25N5OS. The molecule has 7 heteroatoms. The fraction of sp³-hybridized carbons (Fsp3) is 0.526. The van der Waals surface area contributed by atoms with Crippen LogP contribution in [0.3, 0.4) is 0 Å². The molecule has 2 atom stereocenters. The van der Waals surface area contributed by atoms with E-state index in [1.54, 1.807) is 0 Å². The fourth-order valence-corrected chi connectivity index (χ4v) is 5.01. The van der Waals surface area contributed by atoms with Crippen molar-refractivity contribution in [2.75, 3.05) is 32.0 Å². The highest BCUT2D eigenvalue weighted by atomic mass is 32.1. The van der Waals surface area contributed by atoms with Gasteiger partial charge in [-0.2, -0.15) is 0 Å². The van der Waals surface area contributed by atoms with E-state index in [0.717, 1.165) is 48.3 Å². The van der Waals surface area contributed by atoms with Crippen LogP contribution in [0.2, 0.25) is 0 Å². The van der Waals surface area contributed by atoms with Gasteiger partial charge in [-0.25, -0.2) is 4.98 Å². The van der Waals surface area contributed by atoms with Crippen LogP contribution in [0.4, 0.5) is 5.13 Å². The third-order valence-corrected chi connectivity index (χ3v) is 6.57. The minimum Gasteiger partial charge on any atom is -0.365 e. The normalized spacial score (nSPS) is 23.1. The SMILES string of the molecule is CNc1nc(C)c(C(=O)N2C[C@H]3CC[C@@H]2CN(Cc2ccncc2)C3)s1. The summed E-state index contributed by atoms with van der Waals surface area (Å²) in [6.07, 6.45) is 6.01. The minimum absolute atomic E-state index is 0.155. The average molecular weight is 372 g/mol. The van der Waals surface area contributed by atoms with Gasteiger partial charge < -0.3 is 10.2 Å². The Hall–Kier alpha value is -1.99. The molecule has 3 fully saturated rings. The first-order valence-corrected chi connectivity index (χ1v) is 10.0. The first-order chi connectivity index (χ1) is 12.6. The molecular weight excluding hydrogens is 346 g/mol. The van der Waals surface area contributed by atoms with Crippen LogP contribution in [0.25, 0.3) is 0 Å². The second-order valence-corrected chi connectivity index (χ2v) is 8.29. The van der Waals surface area contributed by atoms with Gasteiger partial charge in [0.25, 0.3) is 5.91 Å². The van der Waals surface area contributed by atoms with Gasteiger partial charge in [-0.1, -0.05) is 11.3 Å². The van der Waals surface area contributed by atoms with Crippen molar-refractivity contribution in [2.24, 2.45) is 5.92 Å². The highest BCUT2D eigenvalue weighted by Gasteiger charge is 2.38. The summed E-state index contributed by atoms with van der Waals surface area (Å²) in [4.78, 5) is 27.1. The Bertz CT molecular complexity index is 777. The molecule has 5 heterocycles. The summed E-state index contributed by atoms with van der Waals surface area (Å²) in [5.74, 6) is 0.707. The Labute approximate surface area is 158 Å². The van der Waals surface area contributed by atoms with Crippen molar-refractivity contribution in [3.8, 4) is 0 Å². The number of hydrogen-bond acceptors (Lipinski definition) is 6. The lowest BCUT2D eigenvalue weighted by Crippen LogP contribution is -2.47. The molecule has 6 nitrogen and oxygen atoms in total. The van der Waals surface area contributed by atoms with Crippen molar-refractivity contribution in [2.45, 2.75) is 32.4 Å². The van der Waals surface area contributed by atoms with Crippen LogP contribution in [-0.4, -0.2) is 58.4 Å². The zero-order valence-corrected chi connectivity index (χ0v) is 16.1. The molecule has 3 aliphatic rings. The maximum absolute atomic E-state index is 13.2. The van der Waals surface area contributed by atoms with Crippen LogP contribution >= 0.6 is 11.3 Å². The lowest BCUT2D eigenvalue weighted by atomic mass is 9.95. The Balaban J connectivity index is 1.51. The summed E-state index contributed by atoms with van der Waals surface area (Å²) >= 11 is 1.46. The van der Waals surface area contributed by atoms with Gasteiger partial charge in [-0.05, 0) is 43.4 Å². The summed E-state index contributed by atoms with van der Waals surface area (Å²) < 4.78 is 0. The van der Waals surface area contributed by atoms with Crippen LogP contribution in [0.1, 0.15) is 33.8 Å². The fourth-order valence-electron chi connectivity index (χ4n) is 4.14. The molecule has 3 saturated heterocycles. The van der Waals surface area contributed by atoms with E-state index in [0.29, 0.717) is 12.0 Å². The standard InChI is InChI=1S/C19H25N5OS/c1-13-17(26-19(20-2)22-13)18(25)24-11-15-3-4-16(24)12-23(10-15)9-14-5-7-21-8-6-14/h5-8,15-16H,3-4,9-12H2,1-2H3,(H,20,22)/t15-,16+/m0/s1. The number of pyridine rings is 1. The van der Waals surface area contributed by atoms with Crippen LogP contribution < -0.4 is 5.32 Å². The monoisotopic (exact) mass is 371 g/mol. The molecule has 2 bridgehead atoms. The first kappa shape index (κ1) is 17.4. The lowest BCUT2D eigenvalue weighted by molar-refractivity contribution is 0.0589. The quantitative estimate of drug-likeness (QED) is 0.895. The van der Waals surface area contributed by atoms with E-state index in [4.69, 9.17) is 0 Å². The van der Waals surface area contributed by atoms with Gasteiger partial charge in [-0.3, -0.25) is 14.7 Å². The third kappa shape index (κ3) is 3.46. The van der Waals surface area contributed by atoms with Crippen molar-refractivity contribution < 1.29 is 4.79 Å². The van der Waals surface area contributed by atoms with Crippen LogP contribution in [-0.2, 0) is 6.54 Å². The van der Waals surface area contributed by atoms with E-state index in [9.17, 15) is 4.79 Å². The highest BCUT2D eigenvalue weighted by Crippen LogP contribution is 2.32. The van der Waals surface area contributed by atoms with E-state index in [-0.39, 0.29) is 5.91 Å². The molecule has 0 aliphatic carbocycles. The number of thiazole rings is 1. The molecule has 0 unspecified atom stereocenters. The number of nitrogens with zero attached hydrogens (tertiary/aromatic N) is 4. The van der Waals surface area contributed by atoms with Crippen molar-refractivity contribution in [3.05, 3.63) is 40.7 Å². The van der Waals surface area contributed by atoms with E-state index in [2.05, 4.69) is 37.2 Å². The van der Waals surface area contributed by atoms with Gasteiger partial charge >= 0.3 is 0 Å². The number of carbonyl (C=O) groups is 1. The molecule has 138 valence electrons. The number of hydrogen-bond donors (Lipinski definition) is 1. The minimum atomic E-state index is 0.155. The smallest absolute Gasteiger partial charge is 0.266 e. The molecule has 26 heavy (non-hydrogen) atoms. The maximum Gasteiger partial charge on any atom is 0.266 e. The predicted octanol–water partition coefficient (Wildman–Crippen LogP) is 2.62. The second kappa shape index (κ2) is 7.32. The maximum atomic E-state index is 13.2. The Kier molecular flexibility index (Phi) is 4.91. The number of aryl methyl sites for hydroxylation is 1. The molecule has 0 saturated carbocycles. The van der Waals surface area contributed by atoms with Crippen molar-refractivity contribution in [1.29, 1.82) is 0 Å². The molecule has 0 spiro atoms. The summed E-state index contributed by atoms with van der Waals surface area (Å²) in [6, 6.07) is 4.45. The van der Waals surface area contributed by atoms with Gasteiger partial charge in [0, 0.05) is 51.7 Å². The molecule has 2 aromatic heterocycles. The Morgan fingerprint density at radius 1 is 1.27 bits per heavy atom. The Morgan fingerprint density at radius 3 is 2.81 bits per heavy atom. The topological polar surface area (TPSA) is 61.4 Å². The summed E-state index contributed by atoms with van der Waals surface area (Å²) in [5.41, 5.74) is 2.12. The van der Waals surface area contributed by atoms with Gasteiger partial charge in [0.05, 0.1) is 5.69 Å². The molecule has 0 aromatic carbocycles. The molecule has 5 rings (SSSR count). The number of rotatable bonds is 4. The first-order valence-electron chi connectivity index (χ1n) is 9.21. The van der Waals surface area contributed by atoms with Crippen LogP contribution in [0.15, 0.2) is 24.5 Å². The molecule has 3 aliphatic heterocycles. The number of aromatic nitrogens is 2. The van der Waals surface area contributed by atoms with Crippen molar-refractivity contribution in [1.82, 2.24) is 19.8 Å². The highest BCUT2D eigenvalue weighted by molar-refractivity contribution is 7.17.